The largest absolute Gasteiger partial charge is 0.494 e. The Morgan fingerprint density at radius 3 is 2.62 bits per heavy atom. The van der Waals surface area contributed by atoms with E-state index in [0.29, 0.717) is 29.1 Å². The summed E-state index contributed by atoms with van der Waals surface area (Å²) in [5.74, 6) is 3.49. The van der Waals surface area contributed by atoms with Crippen LogP contribution in [0.3, 0.4) is 0 Å². The number of nitrogens with zero attached hydrogens (tertiary/aromatic N) is 6. The van der Waals surface area contributed by atoms with Crippen molar-refractivity contribution in [1.29, 1.82) is 0 Å². The van der Waals surface area contributed by atoms with Gasteiger partial charge in [-0.25, -0.2) is 4.98 Å². The molecule has 236 valence electrons. The minimum atomic E-state index is 0.0640. The molecule has 1 N–H and O–H groups in total. The summed E-state index contributed by atoms with van der Waals surface area (Å²) in [7, 11) is 5.71. The highest BCUT2D eigenvalue weighted by molar-refractivity contribution is 6.01. The SMILES string of the molecule is CC[C@@H]1CCCN(C(=O)c2cc(OC)c3c(c2)nc(-c2cc4cccc(Nc5c(C)nn(C)c5C)c4n2CC2CC2C)n3C)C1. The van der Waals surface area contributed by atoms with Gasteiger partial charge in [-0.1, -0.05) is 32.4 Å². The number of ether oxygens (including phenoxy) is 1. The molecule has 45 heavy (non-hydrogen) atoms. The molecule has 1 aliphatic heterocycles. The molecule has 2 unspecified atom stereocenters. The number of rotatable bonds is 8. The molecule has 1 saturated carbocycles. The van der Waals surface area contributed by atoms with Crippen LogP contribution >= 0.6 is 0 Å². The average molecular weight is 608 g/mol. The van der Waals surface area contributed by atoms with Gasteiger partial charge in [0, 0.05) is 44.7 Å². The molecular weight excluding hydrogens is 562 g/mol. The number of benzene rings is 2. The highest BCUT2D eigenvalue weighted by Gasteiger charge is 2.34. The highest BCUT2D eigenvalue weighted by Crippen LogP contribution is 2.43. The molecule has 1 aliphatic carbocycles. The molecule has 0 bridgehead atoms. The number of aryl methyl sites for hydroxylation is 3. The van der Waals surface area contributed by atoms with Gasteiger partial charge in [-0.15, -0.1) is 0 Å². The van der Waals surface area contributed by atoms with Gasteiger partial charge < -0.3 is 24.1 Å². The van der Waals surface area contributed by atoms with Gasteiger partial charge in [-0.3, -0.25) is 9.48 Å². The van der Waals surface area contributed by atoms with Crippen LogP contribution in [0, 0.1) is 31.6 Å². The minimum absolute atomic E-state index is 0.0640. The van der Waals surface area contributed by atoms with Gasteiger partial charge in [-0.05, 0) is 75.1 Å². The Morgan fingerprint density at radius 1 is 1.13 bits per heavy atom. The maximum Gasteiger partial charge on any atom is 0.254 e. The van der Waals surface area contributed by atoms with Crippen molar-refractivity contribution in [2.75, 3.05) is 25.5 Å². The number of likely N-dealkylation sites (tertiary alicyclic amines) is 1. The number of amides is 1. The summed E-state index contributed by atoms with van der Waals surface area (Å²) in [4.78, 5) is 20.9. The van der Waals surface area contributed by atoms with Crippen molar-refractivity contribution >= 4 is 39.2 Å². The van der Waals surface area contributed by atoms with Crippen molar-refractivity contribution in [3.05, 3.63) is 53.3 Å². The number of fused-ring (bicyclic) bond motifs is 2. The molecule has 0 radical (unpaired) electrons. The first-order valence-electron chi connectivity index (χ1n) is 16.4. The van der Waals surface area contributed by atoms with E-state index in [1.807, 2.05) is 35.7 Å². The lowest BCUT2D eigenvalue weighted by atomic mass is 9.95. The summed E-state index contributed by atoms with van der Waals surface area (Å²) in [6.45, 7) is 11.2. The number of piperidine rings is 1. The lowest BCUT2D eigenvalue weighted by Gasteiger charge is -2.32. The fraction of sp³-hybridized carbons (Fsp3) is 0.472. The zero-order valence-corrected chi connectivity index (χ0v) is 27.6. The van der Waals surface area contributed by atoms with Gasteiger partial charge >= 0.3 is 0 Å². The smallest absolute Gasteiger partial charge is 0.254 e. The van der Waals surface area contributed by atoms with Gasteiger partial charge in [0.2, 0.25) is 0 Å². The van der Waals surface area contributed by atoms with Gasteiger partial charge in [0.25, 0.3) is 5.91 Å². The Balaban J connectivity index is 1.35. The van der Waals surface area contributed by atoms with Gasteiger partial charge in [0.05, 0.1) is 46.6 Å². The van der Waals surface area contributed by atoms with Crippen LogP contribution in [-0.2, 0) is 20.6 Å². The standard InChI is InChI=1S/C36H45N7O2/c1-8-24-11-10-14-42(19-24)36(44)26-16-29-34(31(18-26)45-7)40(5)35(38-29)30-17-25-12-9-13-28(33(25)43(30)20-27-15-21(27)2)37-32-22(3)39-41(6)23(32)4/h9,12-13,16-18,21,24,27,37H,8,10-11,14-15,19-20H2,1-7H3/t21?,24-,27?/m1/s1. The van der Waals surface area contributed by atoms with Crippen molar-refractivity contribution < 1.29 is 9.53 Å². The summed E-state index contributed by atoms with van der Waals surface area (Å²) < 4.78 is 12.4. The highest BCUT2D eigenvalue weighted by atomic mass is 16.5. The molecule has 9 heteroatoms. The average Bonchev–Trinajstić information content (AvgIpc) is 3.34. The summed E-state index contributed by atoms with van der Waals surface area (Å²) in [6, 6.07) is 12.6. The first-order valence-corrected chi connectivity index (χ1v) is 16.4. The third-order valence-electron chi connectivity index (χ3n) is 10.4. The molecule has 0 spiro atoms. The van der Waals surface area contributed by atoms with Crippen molar-refractivity contribution in [1.82, 2.24) is 28.8 Å². The predicted molar refractivity (Wildman–Crippen MR) is 180 cm³/mol. The summed E-state index contributed by atoms with van der Waals surface area (Å²) in [5, 5.41) is 9.53. The fourth-order valence-corrected chi connectivity index (χ4v) is 7.36. The van der Waals surface area contributed by atoms with E-state index >= 15 is 0 Å². The maximum absolute atomic E-state index is 13.7. The Kier molecular flexibility index (Phi) is 7.37. The quantitative estimate of drug-likeness (QED) is 0.202. The molecule has 2 fully saturated rings. The zero-order valence-electron chi connectivity index (χ0n) is 27.6. The molecule has 4 heterocycles. The van der Waals surface area contributed by atoms with E-state index in [9.17, 15) is 4.79 Å². The van der Waals surface area contributed by atoms with Crippen molar-refractivity contribution in [2.24, 2.45) is 31.8 Å². The van der Waals surface area contributed by atoms with Crippen molar-refractivity contribution in [2.45, 2.75) is 59.9 Å². The first kappa shape index (κ1) is 29.4. The monoisotopic (exact) mass is 607 g/mol. The maximum atomic E-state index is 13.7. The van der Waals surface area contributed by atoms with Crippen LogP contribution in [0.2, 0.25) is 0 Å². The lowest BCUT2D eigenvalue weighted by molar-refractivity contribution is 0.0671. The second-order valence-electron chi connectivity index (χ2n) is 13.4. The number of carbonyl (C=O) groups is 1. The van der Waals surface area contributed by atoms with Crippen LogP contribution in [0.15, 0.2) is 36.4 Å². The molecule has 3 atom stereocenters. The van der Waals surface area contributed by atoms with Gasteiger partial charge in [-0.2, -0.15) is 5.10 Å². The number of carbonyl (C=O) groups excluding carboxylic acids is 1. The third kappa shape index (κ3) is 5.06. The van der Waals surface area contributed by atoms with Crippen LogP contribution in [0.1, 0.15) is 61.3 Å². The zero-order chi connectivity index (χ0) is 31.6. The van der Waals surface area contributed by atoms with E-state index in [1.54, 1.807) is 7.11 Å². The Bertz CT molecular complexity index is 1930. The first-order chi connectivity index (χ1) is 21.7. The Hall–Kier alpha value is -4.27. The third-order valence-corrected chi connectivity index (χ3v) is 10.4. The molecule has 1 saturated heterocycles. The number of hydrogen-bond donors (Lipinski definition) is 1. The molecule has 5 aromatic rings. The second kappa shape index (κ2) is 11.3. The van der Waals surface area contributed by atoms with Crippen LogP contribution in [0.4, 0.5) is 11.4 Å². The van der Waals surface area contributed by atoms with Gasteiger partial charge in [0.15, 0.2) is 5.82 Å². The molecule has 9 nitrogen and oxygen atoms in total. The van der Waals surface area contributed by atoms with E-state index in [2.05, 4.69) is 71.6 Å². The molecule has 2 aromatic carbocycles. The molecule has 3 aromatic heterocycles. The predicted octanol–water partition coefficient (Wildman–Crippen LogP) is 7.22. The van der Waals surface area contributed by atoms with E-state index < -0.39 is 0 Å². The number of methoxy groups -OCH3 is 1. The van der Waals surface area contributed by atoms with Crippen LogP contribution in [0.5, 0.6) is 5.75 Å². The molecule has 2 aliphatic rings. The van der Waals surface area contributed by atoms with Gasteiger partial charge in [0.1, 0.15) is 11.3 Å². The number of nitrogens with one attached hydrogen (secondary N) is 1. The van der Waals surface area contributed by atoms with E-state index in [-0.39, 0.29) is 5.91 Å². The Morgan fingerprint density at radius 2 is 1.93 bits per heavy atom. The second-order valence-corrected chi connectivity index (χ2v) is 13.4. The molecule has 1 amide bonds. The summed E-state index contributed by atoms with van der Waals surface area (Å²) >= 11 is 0. The minimum Gasteiger partial charge on any atom is -0.494 e. The summed E-state index contributed by atoms with van der Waals surface area (Å²) in [6.07, 6.45) is 4.58. The van der Waals surface area contributed by atoms with Crippen LogP contribution in [-0.4, -0.2) is 54.9 Å². The number of imidazole rings is 1. The number of hydrogen-bond acceptors (Lipinski definition) is 5. The number of para-hydroxylation sites is 1. The molecular formula is C36H45N7O2. The topological polar surface area (TPSA) is 82.1 Å². The van der Waals surface area contributed by atoms with Crippen molar-refractivity contribution in [3.63, 3.8) is 0 Å². The normalized spacial score (nSPS) is 19.9. The van der Waals surface area contributed by atoms with E-state index in [0.717, 1.165) is 83.2 Å². The lowest BCUT2D eigenvalue weighted by Crippen LogP contribution is -2.39. The summed E-state index contributed by atoms with van der Waals surface area (Å²) in [5.41, 5.74) is 8.71. The van der Waals surface area contributed by atoms with Crippen molar-refractivity contribution in [3.8, 4) is 17.3 Å². The van der Waals surface area contributed by atoms with E-state index in [4.69, 9.17) is 9.72 Å². The fourth-order valence-electron chi connectivity index (χ4n) is 7.36. The number of aromatic nitrogens is 5. The number of anilines is 2. The van der Waals surface area contributed by atoms with E-state index in [1.165, 1.54) is 18.4 Å². The molecule has 7 rings (SSSR count). The Labute approximate surface area is 265 Å². The van der Waals surface area contributed by atoms with Crippen LogP contribution in [0.25, 0.3) is 33.5 Å². The van der Waals surface area contributed by atoms with Crippen LogP contribution < -0.4 is 10.1 Å².